The first-order chi connectivity index (χ1) is 12.3. The number of nitrogens with zero attached hydrogens (tertiary/aromatic N) is 1. The predicted octanol–water partition coefficient (Wildman–Crippen LogP) is 2.74. The van der Waals surface area contributed by atoms with Crippen LogP contribution < -0.4 is 10.7 Å². The Morgan fingerprint density at radius 2 is 1.92 bits per heavy atom. The van der Waals surface area contributed by atoms with Crippen molar-refractivity contribution in [1.82, 2.24) is 0 Å². The number of aromatic hydroxyl groups is 2. The van der Waals surface area contributed by atoms with Gasteiger partial charge in [0.05, 0.1) is 10.3 Å². The Bertz CT molecular complexity index is 1120. The number of nitro groups is 1. The molecule has 0 unspecified atom stereocenters. The van der Waals surface area contributed by atoms with E-state index in [0.29, 0.717) is 0 Å². The minimum absolute atomic E-state index is 0.00474. The molecule has 1 heterocycles. The topological polar surface area (TPSA) is 143 Å². The lowest BCUT2D eigenvalue weighted by atomic mass is 10.1. The molecule has 26 heavy (non-hydrogen) atoms. The van der Waals surface area contributed by atoms with Gasteiger partial charge in [0.2, 0.25) is 11.7 Å². The first-order valence-electron chi connectivity index (χ1n) is 7.33. The van der Waals surface area contributed by atoms with E-state index in [9.17, 15) is 29.9 Å². The molecule has 3 rings (SSSR count). The molecule has 0 fully saturated rings. The number of anilines is 1. The largest absolute Gasteiger partial charge is 0.504 e. The second kappa shape index (κ2) is 6.20. The average Bonchev–Trinajstić information content (AvgIpc) is 2.58. The molecule has 0 aliphatic rings. The van der Waals surface area contributed by atoms with Crippen LogP contribution in [0.3, 0.4) is 0 Å². The fourth-order valence-corrected chi connectivity index (χ4v) is 2.47. The number of phenolic OH excluding ortho intramolecular Hbond substituents is 2. The number of rotatable bonds is 3. The van der Waals surface area contributed by atoms with Crippen LogP contribution in [-0.2, 0) is 4.79 Å². The van der Waals surface area contributed by atoms with Crippen LogP contribution >= 0.6 is 0 Å². The van der Waals surface area contributed by atoms with E-state index in [0.717, 1.165) is 18.2 Å². The van der Waals surface area contributed by atoms with Gasteiger partial charge in [0, 0.05) is 24.6 Å². The van der Waals surface area contributed by atoms with Gasteiger partial charge >= 0.3 is 0 Å². The Morgan fingerprint density at radius 3 is 2.58 bits per heavy atom. The Kier molecular flexibility index (Phi) is 4.05. The van der Waals surface area contributed by atoms with E-state index >= 15 is 0 Å². The summed E-state index contributed by atoms with van der Waals surface area (Å²) in [5.41, 5.74) is -0.936. The Balaban J connectivity index is 2.22. The zero-order valence-corrected chi connectivity index (χ0v) is 13.3. The molecule has 1 aromatic heterocycles. The normalized spacial score (nSPS) is 10.7. The third-order valence-corrected chi connectivity index (χ3v) is 3.64. The fraction of sp³-hybridized carbons (Fsp3) is 0.0588. The van der Waals surface area contributed by atoms with E-state index in [4.69, 9.17) is 4.42 Å². The molecular formula is C17H12N2O7. The number of fused-ring (bicyclic) bond motifs is 1. The number of nitro benzene ring substituents is 1. The summed E-state index contributed by atoms with van der Waals surface area (Å²) in [7, 11) is 0. The average molecular weight is 356 g/mol. The molecule has 0 aliphatic carbocycles. The third kappa shape index (κ3) is 2.93. The summed E-state index contributed by atoms with van der Waals surface area (Å²) in [5, 5.41) is 33.1. The van der Waals surface area contributed by atoms with Crippen molar-refractivity contribution >= 4 is 28.3 Å². The van der Waals surface area contributed by atoms with Gasteiger partial charge in [-0.25, -0.2) is 0 Å². The van der Waals surface area contributed by atoms with Gasteiger partial charge in [-0.05, 0) is 24.3 Å². The lowest BCUT2D eigenvalue weighted by molar-refractivity contribution is -0.383. The van der Waals surface area contributed by atoms with Crippen LogP contribution in [0.25, 0.3) is 22.3 Å². The van der Waals surface area contributed by atoms with Crippen LogP contribution in [0.15, 0.2) is 45.6 Å². The van der Waals surface area contributed by atoms with Crippen molar-refractivity contribution in [2.45, 2.75) is 6.92 Å². The number of phenols is 2. The Morgan fingerprint density at radius 1 is 1.19 bits per heavy atom. The lowest BCUT2D eigenvalue weighted by Crippen LogP contribution is -2.08. The van der Waals surface area contributed by atoms with E-state index in [1.54, 1.807) is 0 Å². The summed E-state index contributed by atoms with van der Waals surface area (Å²) in [6.07, 6.45) is 0. The van der Waals surface area contributed by atoms with Gasteiger partial charge in [0.15, 0.2) is 16.8 Å². The third-order valence-electron chi connectivity index (χ3n) is 3.64. The number of nitrogens with one attached hydrogen (secondary N) is 1. The molecule has 9 nitrogen and oxygen atoms in total. The zero-order chi connectivity index (χ0) is 19.0. The minimum Gasteiger partial charge on any atom is -0.504 e. The van der Waals surface area contributed by atoms with Gasteiger partial charge in [-0.15, -0.1) is 0 Å². The molecule has 132 valence electrons. The molecule has 9 heteroatoms. The summed E-state index contributed by atoms with van der Waals surface area (Å²) >= 11 is 0. The number of hydrogen-bond donors (Lipinski definition) is 3. The van der Waals surface area contributed by atoms with Crippen molar-refractivity contribution in [3.8, 4) is 22.8 Å². The molecule has 0 atom stereocenters. The van der Waals surface area contributed by atoms with Gasteiger partial charge in [-0.3, -0.25) is 19.7 Å². The van der Waals surface area contributed by atoms with Gasteiger partial charge in [0.25, 0.3) is 5.69 Å². The number of carbonyl (C=O) groups is 1. The van der Waals surface area contributed by atoms with Crippen molar-refractivity contribution in [2.75, 3.05) is 5.32 Å². The van der Waals surface area contributed by atoms with E-state index in [1.165, 1.54) is 25.1 Å². The first-order valence-corrected chi connectivity index (χ1v) is 7.33. The molecule has 0 radical (unpaired) electrons. The SMILES string of the molecule is CC(=O)Nc1ccc(-c2cc(=O)c3ccc(O)c(O)c3o2)cc1[N+](=O)[O-]. The van der Waals surface area contributed by atoms with E-state index in [1.807, 2.05) is 0 Å². The maximum Gasteiger partial charge on any atom is 0.293 e. The summed E-state index contributed by atoms with van der Waals surface area (Å²) in [6.45, 7) is 1.22. The quantitative estimate of drug-likeness (QED) is 0.372. The van der Waals surface area contributed by atoms with Gasteiger partial charge in [-0.1, -0.05) is 0 Å². The molecule has 2 aromatic carbocycles. The van der Waals surface area contributed by atoms with Crippen LogP contribution in [0, 0.1) is 10.1 Å². The highest BCUT2D eigenvalue weighted by molar-refractivity contribution is 5.92. The van der Waals surface area contributed by atoms with Crippen LogP contribution in [-0.4, -0.2) is 21.0 Å². The zero-order valence-electron chi connectivity index (χ0n) is 13.3. The van der Waals surface area contributed by atoms with Gasteiger partial charge < -0.3 is 19.9 Å². The molecule has 0 aliphatic heterocycles. The maximum absolute atomic E-state index is 12.2. The fourth-order valence-electron chi connectivity index (χ4n) is 2.47. The summed E-state index contributed by atoms with van der Waals surface area (Å²) < 4.78 is 5.48. The number of amides is 1. The van der Waals surface area contributed by atoms with Crippen molar-refractivity contribution in [2.24, 2.45) is 0 Å². The van der Waals surface area contributed by atoms with Crippen LogP contribution in [0.2, 0.25) is 0 Å². The first kappa shape index (κ1) is 17.0. The molecule has 3 aromatic rings. The van der Waals surface area contributed by atoms with E-state index in [2.05, 4.69) is 5.32 Å². The highest BCUT2D eigenvalue weighted by Crippen LogP contribution is 2.36. The number of benzene rings is 2. The van der Waals surface area contributed by atoms with Crippen LogP contribution in [0.4, 0.5) is 11.4 Å². The van der Waals surface area contributed by atoms with Crippen LogP contribution in [0.5, 0.6) is 11.5 Å². The number of carbonyl (C=O) groups excluding carboxylic acids is 1. The molecule has 0 saturated heterocycles. The molecule has 1 amide bonds. The molecular weight excluding hydrogens is 344 g/mol. The Hall–Kier alpha value is -3.88. The second-order valence-corrected chi connectivity index (χ2v) is 5.46. The monoisotopic (exact) mass is 356 g/mol. The van der Waals surface area contributed by atoms with Crippen molar-refractivity contribution < 1.29 is 24.3 Å². The van der Waals surface area contributed by atoms with E-state index in [-0.39, 0.29) is 33.7 Å². The predicted molar refractivity (Wildman–Crippen MR) is 92.2 cm³/mol. The summed E-state index contributed by atoms with van der Waals surface area (Å²) in [5.74, 6) is -1.59. The van der Waals surface area contributed by atoms with Gasteiger partial charge in [0.1, 0.15) is 11.4 Å². The van der Waals surface area contributed by atoms with Crippen molar-refractivity contribution in [3.05, 3.63) is 56.7 Å². The summed E-state index contributed by atoms with van der Waals surface area (Å²) in [6, 6.07) is 7.43. The lowest BCUT2D eigenvalue weighted by Gasteiger charge is -2.08. The van der Waals surface area contributed by atoms with Gasteiger partial charge in [-0.2, -0.15) is 0 Å². The van der Waals surface area contributed by atoms with E-state index < -0.39 is 27.8 Å². The highest BCUT2D eigenvalue weighted by atomic mass is 16.6. The molecule has 0 saturated carbocycles. The van der Waals surface area contributed by atoms with Crippen molar-refractivity contribution in [1.29, 1.82) is 0 Å². The number of hydrogen-bond acceptors (Lipinski definition) is 7. The summed E-state index contributed by atoms with van der Waals surface area (Å²) in [4.78, 5) is 34.0. The maximum atomic E-state index is 12.2. The molecule has 0 bridgehead atoms. The Labute approximate surface area is 145 Å². The standard InChI is InChI=1S/C17H12N2O7/c1-8(20)18-11-4-2-9(6-12(11)19(24)25)15-7-14(22)10-3-5-13(21)16(23)17(10)26-15/h2-7,21,23H,1H3,(H,18,20). The highest BCUT2D eigenvalue weighted by Gasteiger charge is 2.19. The van der Waals surface area contributed by atoms with Crippen LogP contribution in [0.1, 0.15) is 6.92 Å². The smallest absolute Gasteiger partial charge is 0.293 e. The second-order valence-electron chi connectivity index (χ2n) is 5.46. The molecule has 0 spiro atoms. The minimum atomic E-state index is -0.683. The molecule has 3 N–H and O–H groups in total. The van der Waals surface area contributed by atoms with Crippen molar-refractivity contribution in [3.63, 3.8) is 0 Å².